The second kappa shape index (κ2) is 7.84. The number of fused-ring (bicyclic) bond motifs is 1. The van der Waals surface area contributed by atoms with Gasteiger partial charge >= 0.3 is 0 Å². The van der Waals surface area contributed by atoms with E-state index in [0.717, 1.165) is 5.39 Å². The van der Waals surface area contributed by atoms with E-state index in [0.29, 0.717) is 21.9 Å². The van der Waals surface area contributed by atoms with Gasteiger partial charge in [0.1, 0.15) is 17.3 Å². The number of benzene rings is 2. The average Bonchev–Trinajstić information content (AvgIpc) is 2.66. The van der Waals surface area contributed by atoms with E-state index in [-0.39, 0.29) is 6.61 Å². The number of nitrogens with one attached hydrogen (secondary N) is 1. The maximum Gasteiger partial charge on any atom is 0.258 e. The predicted molar refractivity (Wildman–Crippen MR) is 98.8 cm³/mol. The first-order valence-corrected chi connectivity index (χ1v) is 8.23. The number of ether oxygens (including phenoxy) is 1. The van der Waals surface area contributed by atoms with E-state index in [1.807, 2.05) is 12.1 Å². The minimum Gasteiger partial charge on any atom is -0.481 e. The summed E-state index contributed by atoms with van der Waals surface area (Å²) >= 11 is 6.14. The number of amides is 2. The quantitative estimate of drug-likeness (QED) is 0.698. The van der Waals surface area contributed by atoms with Gasteiger partial charge in [0, 0.05) is 11.6 Å². The third kappa shape index (κ3) is 3.92. The SMILES string of the molecule is NC(=O)C(NC(=O)COc1ccc(Cl)c2cccnc12)c1ccccc1. The van der Waals surface area contributed by atoms with E-state index < -0.39 is 17.9 Å². The molecule has 0 aliphatic heterocycles. The molecule has 1 unspecified atom stereocenters. The average molecular weight is 370 g/mol. The fourth-order valence-corrected chi connectivity index (χ4v) is 2.75. The number of hydrogen-bond acceptors (Lipinski definition) is 4. The molecular weight excluding hydrogens is 354 g/mol. The van der Waals surface area contributed by atoms with Crippen molar-refractivity contribution in [3.63, 3.8) is 0 Å². The normalized spacial score (nSPS) is 11.7. The second-order valence-corrected chi connectivity index (χ2v) is 5.95. The van der Waals surface area contributed by atoms with Crippen molar-refractivity contribution >= 4 is 34.3 Å². The molecule has 2 aromatic carbocycles. The zero-order valence-corrected chi connectivity index (χ0v) is 14.4. The second-order valence-electron chi connectivity index (χ2n) is 5.55. The highest BCUT2D eigenvalue weighted by Gasteiger charge is 2.20. The van der Waals surface area contributed by atoms with Gasteiger partial charge in [-0.2, -0.15) is 0 Å². The van der Waals surface area contributed by atoms with Crippen LogP contribution in [0, 0.1) is 0 Å². The molecule has 0 saturated heterocycles. The summed E-state index contributed by atoms with van der Waals surface area (Å²) in [5.74, 6) is -0.699. The Morgan fingerprint density at radius 1 is 1.12 bits per heavy atom. The standard InChI is InChI=1S/C19H16ClN3O3/c20-14-8-9-15(18-13(14)7-4-10-22-18)26-11-16(24)23-17(19(21)25)12-5-2-1-3-6-12/h1-10,17H,11H2,(H2,21,25)(H,23,24). The smallest absolute Gasteiger partial charge is 0.258 e. The molecule has 0 bridgehead atoms. The number of carbonyl (C=O) groups is 2. The molecule has 0 spiro atoms. The summed E-state index contributed by atoms with van der Waals surface area (Å²) < 4.78 is 5.57. The molecule has 1 heterocycles. The van der Waals surface area contributed by atoms with Crippen LogP contribution in [0.3, 0.4) is 0 Å². The lowest BCUT2D eigenvalue weighted by molar-refractivity contribution is -0.128. The van der Waals surface area contributed by atoms with Crippen molar-refractivity contribution in [1.29, 1.82) is 0 Å². The van der Waals surface area contributed by atoms with Gasteiger partial charge in [-0.25, -0.2) is 0 Å². The van der Waals surface area contributed by atoms with Crippen LogP contribution < -0.4 is 15.8 Å². The van der Waals surface area contributed by atoms with Crippen LogP contribution in [0.1, 0.15) is 11.6 Å². The summed E-state index contributed by atoms with van der Waals surface area (Å²) in [6, 6.07) is 14.7. The van der Waals surface area contributed by atoms with Gasteiger partial charge in [0.15, 0.2) is 6.61 Å². The zero-order valence-electron chi connectivity index (χ0n) is 13.7. The molecule has 3 rings (SSSR count). The summed E-state index contributed by atoms with van der Waals surface area (Å²) in [7, 11) is 0. The number of primary amides is 1. The molecule has 0 aliphatic rings. The van der Waals surface area contributed by atoms with Crippen LogP contribution in [0.15, 0.2) is 60.8 Å². The molecule has 2 amide bonds. The van der Waals surface area contributed by atoms with Crippen molar-refractivity contribution in [3.05, 3.63) is 71.4 Å². The predicted octanol–water partition coefficient (Wildman–Crippen LogP) is 2.61. The van der Waals surface area contributed by atoms with E-state index in [1.165, 1.54) is 0 Å². The van der Waals surface area contributed by atoms with Crippen molar-refractivity contribution < 1.29 is 14.3 Å². The Morgan fingerprint density at radius 2 is 1.88 bits per heavy atom. The van der Waals surface area contributed by atoms with Crippen LogP contribution >= 0.6 is 11.6 Å². The largest absolute Gasteiger partial charge is 0.481 e. The first-order chi connectivity index (χ1) is 12.6. The Bertz CT molecular complexity index is 947. The van der Waals surface area contributed by atoms with Crippen molar-refractivity contribution in [2.24, 2.45) is 5.73 Å². The van der Waals surface area contributed by atoms with Crippen LogP contribution in [-0.2, 0) is 9.59 Å². The summed E-state index contributed by atoms with van der Waals surface area (Å²) in [5, 5.41) is 3.85. The summed E-state index contributed by atoms with van der Waals surface area (Å²) in [4.78, 5) is 28.1. The highest BCUT2D eigenvalue weighted by molar-refractivity contribution is 6.35. The number of carbonyl (C=O) groups excluding carboxylic acids is 2. The summed E-state index contributed by atoms with van der Waals surface area (Å²) in [6.45, 7) is -0.288. The molecule has 7 heteroatoms. The third-order valence-electron chi connectivity index (χ3n) is 3.76. The van der Waals surface area contributed by atoms with Gasteiger partial charge < -0.3 is 15.8 Å². The molecule has 3 aromatic rings. The lowest BCUT2D eigenvalue weighted by atomic mass is 10.1. The Balaban J connectivity index is 1.71. The topological polar surface area (TPSA) is 94.3 Å². The van der Waals surface area contributed by atoms with Gasteiger partial charge in [-0.15, -0.1) is 0 Å². The van der Waals surface area contributed by atoms with Crippen LogP contribution in [0.2, 0.25) is 5.02 Å². The van der Waals surface area contributed by atoms with Crippen LogP contribution in [-0.4, -0.2) is 23.4 Å². The van der Waals surface area contributed by atoms with Crippen LogP contribution in [0.4, 0.5) is 0 Å². The number of nitrogens with two attached hydrogens (primary N) is 1. The number of halogens is 1. The van der Waals surface area contributed by atoms with Crippen LogP contribution in [0.5, 0.6) is 5.75 Å². The van der Waals surface area contributed by atoms with E-state index >= 15 is 0 Å². The number of rotatable bonds is 6. The van der Waals surface area contributed by atoms with Gasteiger partial charge in [0.05, 0.1) is 5.02 Å². The first kappa shape index (κ1) is 17.7. The molecule has 1 aromatic heterocycles. The number of aromatic nitrogens is 1. The van der Waals surface area contributed by atoms with Gasteiger partial charge in [0.25, 0.3) is 5.91 Å². The molecule has 26 heavy (non-hydrogen) atoms. The van der Waals surface area contributed by atoms with Gasteiger partial charge in [0.2, 0.25) is 5.91 Å². The first-order valence-electron chi connectivity index (χ1n) is 7.86. The Hall–Kier alpha value is -3.12. The Kier molecular flexibility index (Phi) is 5.34. The number of pyridine rings is 1. The van der Waals surface area contributed by atoms with Crippen molar-refractivity contribution in [3.8, 4) is 5.75 Å². The van der Waals surface area contributed by atoms with Gasteiger partial charge in [-0.3, -0.25) is 14.6 Å². The highest BCUT2D eigenvalue weighted by atomic mass is 35.5. The molecule has 0 fully saturated rings. The Labute approximate surface area is 154 Å². The molecule has 0 aliphatic carbocycles. The minimum atomic E-state index is -0.924. The molecule has 132 valence electrons. The lowest BCUT2D eigenvalue weighted by Gasteiger charge is -2.16. The number of nitrogens with zero attached hydrogens (tertiary/aromatic N) is 1. The van der Waals surface area contributed by atoms with Crippen molar-refractivity contribution in [2.75, 3.05) is 6.61 Å². The molecule has 1 atom stereocenters. The van der Waals surface area contributed by atoms with Gasteiger partial charge in [-0.1, -0.05) is 41.9 Å². The zero-order chi connectivity index (χ0) is 18.5. The molecule has 3 N–H and O–H groups in total. The molecule has 0 radical (unpaired) electrons. The maximum atomic E-state index is 12.2. The summed E-state index contributed by atoms with van der Waals surface area (Å²) in [6.07, 6.45) is 1.62. The number of hydrogen-bond donors (Lipinski definition) is 2. The van der Waals surface area contributed by atoms with E-state index in [9.17, 15) is 9.59 Å². The monoisotopic (exact) mass is 369 g/mol. The fourth-order valence-electron chi connectivity index (χ4n) is 2.54. The van der Waals surface area contributed by atoms with Crippen LogP contribution in [0.25, 0.3) is 10.9 Å². The molecular formula is C19H16ClN3O3. The van der Waals surface area contributed by atoms with E-state index in [4.69, 9.17) is 22.1 Å². The van der Waals surface area contributed by atoms with Crippen molar-refractivity contribution in [1.82, 2.24) is 10.3 Å². The highest BCUT2D eigenvalue weighted by Crippen LogP contribution is 2.29. The van der Waals surface area contributed by atoms with E-state index in [2.05, 4.69) is 10.3 Å². The Morgan fingerprint density at radius 3 is 2.62 bits per heavy atom. The van der Waals surface area contributed by atoms with E-state index in [1.54, 1.807) is 48.7 Å². The van der Waals surface area contributed by atoms with Crippen molar-refractivity contribution in [2.45, 2.75) is 6.04 Å². The van der Waals surface area contributed by atoms with Gasteiger partial charge in [-0.05, 0) is 29.8 Å². The minimum absolute atomic E-state index is 0.288. The third-order valence-corrected chi connectivity index (χ3v) is 4.09. The lowest BCUT2D eigenvalue weighted by Crippen LogP contribution is -2.39. The fraction of sp³-hybridized carbons (Fsp3) is 0.105. The molecule has 6 nitrogen and oxygen atoms in total. The maximum absolute atomic E-state index is 12.2. The summed E-state index contributed by atoms with van der Waals surface area (Å²) in [5.41, 5.74) is 6.56. The molecule has 0 saturated carbocycles.